The Labute approximate surface area is 92.6 Å². The fourth-order valence-electron chi connectivity index (χ4n) is 1.47. The molecule has 0 aromatic heterocycles. The average Bonchev–Trinajstić information content (AvgIpc) is 2.18. The van der Waals surface area contributed by atoms with Crippen LogP contribution in [0, 0.1) is 6.92 Å². The van der Waals surface area contributed by atoms with Gasteiger partial charge in [-0.2, -0.15) is 0 Å². The highest BCUT2D eigenvalue weighted by molar-refractivity contribution is 5.36. The van der Waals surface area contributed by atoms with Crippen LogP contribution in [0.4, 0.5) is 0 Å². The van der Waals surface area contributed by atoms with E-state index in [9.17, 15) is 0 Å². The molecular formula is C13H21NO. The molecule has 0 aliphatic carbocycles. The van der Waals surface area contributed by atoms with E-state index in [0.29, 0.717) is 0 Å². The van der Waals surface area contributed by atoms with Crippen LogP contribution in [0.3, 0.4) is 0 Å². The highest BCUT2D eigenvalue weighted by atomic mass is 16.5. The summed E-state index contributed by atoms with van der Waals surface area (Å²) in [5.74, 6) is 0.997. The summed E-state index contributed by atoms with van der Waals surface area (Å²) in [4.78, 5) is 0. The van der Waals surface area contributed by atoms with Gasteiger partial charge in [0.15, 0.2) is 0 Å². The van der Waals surface area contributed by atoms with Crippen LogP contribution in [-0.4, -0.2) is 12.6 Å². The molecular weight excluding hydrogens is 186 g/mol. The van der Waals surface area contributed by atoms with Crippen molar-refractivity contribution in [3.05, 3.63) is 29.3 Å². The SMILES string of the molecule is CCNCc1cc(C)ccc1OC(C)C. The van der Waals surface area contributed by atoms with Gasteiger partial charge in [0.25, 0.3) is 0 Å². The molecule has 2 nitrogen and oxygen atoms in total. The van der Waals surface area contributed by atoms with Gasteiger partial charge >= 0.3 is 0 Å². The summed E-state index contributed by atoms with van der Waals surface area (Å²) in [6, 6.07) is 6.33. The Hall–Kier alpha value is -1.02. The van der Waals surface area contributed by atoms with Gasteiger partial charge in [0.1, 0.15) is 5.75 Å². The molecule has 2 heteroatoms. The molecule has 1 rings (SSSR count). The fraction of sp³-hybridized carbons (Fsp3) is 0.538. The molecule has 0 amide bonds. The van der Waals surface area contributed by atoms with E-state index >= 15 is 0 Å². The van der Waals surface area contributed by atoms with Gasteiger partial charge in [-0.3, -0.25) is 0 Å². The van der Waals surface area contributed by atoms with Crippen molar-refractivity contribution in [3.8, 4) is 5.75 Å². The van der Waals surface area contributed by atoms with E-state index in [1.807, 2.05) is 0 Å². The maximum atomic E-state index is 5.76. The first-order valence-electron chi connectivity index (χ1n) is 5.60. The lowest BCUT2D eigenvalue weighted by atomic mass is 10.1. The molecule has 0 fully saturated rings. The Morgan fingerprint density at radius 1 is 1.33 bits per heavy atom. The van der Waals surface area contributed by atoms with Crippen LogP contribution in [-0.2, 0) is 6.54 Å². The summed E-state index contributed by atoms with van der Waals surface area (Å²) >= 11 is 0. The number of ether oxygens (including phenoxy) is 1. The Balaban J connectivity index is 2.82. The molecule has 0 heterocycles. The maximum Gasteiger partial charge on any atom is 0.124 e. The molecule has 1 aromatic rings. The highest BCUT2D eigenvalue weighted by Gasteiger charge is 2.05. The summed E-state index contributed by atoms with van der Waals surface area (Å²) in [5, 5.41) is 3.33. The summed E-state index contributed by atoms with van der Waals surface area (Å²) < 4.78 is 5.76. The number of hydrogen-bond acceptors (Lipinski definition) is 2. The van der Waals surface area contributed by atoms with E-state index in [1.54, 1.807) is 0 Å². The molecule has 0 aliphatic heterocycles. The molecule has 1 aromatic carbocycles. The molecule has 84 valence electrons. The van der Waals surface area contributed by atoms with Gasteiger partial charge in [-0.15, -0.1) is 0 Å². The number of benzene rings is 1. The Bertz CT molecular complexity index is 307. The average molecular weight is 207 g/mol. The third-order valence-corrected chi connectivity index (χ3v) is 2.14. The Morgan fingerprint density at radius 3 is 2.67 bits per heavy atom. The normalized spacial score (nSPS) is 10.7. The van der Waals surface area contributed by atoms with E-state index in [4.69, 9.17) is 4.74 Å². The first-order chi connectivity index (χ1) is 7.13. The zero-order valence-corrected chi connectivity index (χ0v) is 10.1. The van der Waals surface area contributed by atoms with E-state index in [1.165, 1.54) is 11.1 Å². The summed E-state index contributed by atoms with van der Waals surface area (Å²) in [7, 11) is 0. The van der Waals surface area contributed by atoms with Crippen LogP contribution in [0.25, 0.3) is 0 Å². The molecule has 0 bridgehead atoms. The van der Waals surface area contributed by atoms with Crippen molar-refractivity contribution in [1.29, 1.82) is 0 Å². The van der Waals surface area contributed by atoms with Gasteiger partial charge in [-0.05, 0) is 33.4 Å². The molecule has 0 aliphatic rings. The third-order valence-electron chi connectivity index (χ3n) is 2.14. The monoisotopic (exact) mass is 207 g/mol. The molecule has 15 heavy (non-hydrogen) atoms. The van der Waals surface area contributed by atoms with Crippen LogP contribution in [0.15, 0.2) is 18.2 Å². The van der Waals surface area contributed by atoms with Gasteiger partial charge < -0.3 is 10.1 Å². The predicted molar refractivity (Wildman–Crippen MR) is 64.3 cm³/mol. The zero-order valence-electron chi connectivity index (χ0n) is 10.1. The minimum absolute atomic E-state index is 0.230. The van der Waals surface area contributed by atoms with Gasteiger partial charge in [-0.1, -0.05) is 24.6 Å². The van der Waals surface area contributed by atoms with Gasteiger partial charge in [-0.25, -0.2) is 0 Å². The molecule has 0 spiro atoms. The zero-order chi connectivity index (χ0) is 11.3. The van der Waals surface area contributed by atoms with Gasteiger partial charge in [0.05, 0.1) is 6.10 Å². The Morgan fingerprint density at radius 2 is 2.07 bits per heavy atom. The van der Waals surface area contributed by atoms with E-state index in [-0.39, 0.29) is 6.10 Å². The number of aryl methyl sites for hydroxylation is 1. The van der Waals surface area contributed by atoms with Crippen molar-refractivity contribution < 1.29 is 4.74 Å². The van der Waals surface area contributed by atoms with Crippen LogP contribution >= 0.6 is 0 Å². The molecule has 1 N–H and O–H groups in total. The summed E-state index contributed by atoms with van der Waals surface area (Å²) in [6.45, 7) is 10.2. The lowest BCUT2D eigenvalue weighted by Crippen LogP contribution is -2.14. The third kappa shape index (κ3) is 3.92. The van der Waals surface area contributed by atoms with Crippen molar-refractivity contribution in [2.45, 2.75) is 40.3 Å². The largest absolute Gasteiger partial charge is 0.491 e. The number of nitrogens with one attached hydrogen (secondary N) is 1. The second kappa shape index (κ2) is 5.76. The van der Waals surface area contributed by atoms with Crippen molar-refractivity contribution >= 4 is 0 Å². The van der Waals surface area contributed by atoms with Crippen LogP contribution in [0.1, 0.15) is 31.9 Å². The lowest BCUT2D eigenvalue weighted by molar-refractivity contribution is 0.239. The standard InChI is InChI=1S/C13H21NO/c1-5-14-9-12-8-11(4)6-7-13(12)15-10(2)3/h6-8,10,14H,5,9H2,1-4H3. The van der Waals surface area contributed by atoms with Crippen molar-refractivity contribution in [2.24, 2.45) is 0 Å². The van der Waals surface area contributed by atoms with E-state index in [0.717, 1.165) is 18.8 Å². The molecule has 0 saturated carbocycles. The van der Waals surface area contributed by atoms with E-state index in [2.05, 4.69) is 51.2 Å². The fourth-order valence-corrected chi connectivity index (χ4v) is 1.47. The minimum Gasteiger partial charge on any atom is -0.491 e. The topological polar surface area (TPSA) is 21.3 Å². The van der Waals surface area contributed by atoms with E-state index < -0.39 is 0 Å². The molecule has 0 atom stereocenters. The Kier molecular flexibility index (Phi) is 4.63. The van der Waals surface area contributed by atoms with Crippen molar-refractivity contribution in [1.82, 2.24) is 5.32 Å². The lowest BCUT2D eigenvalue weighted by Gasteiger charge is -2.15. The van der Waals surface area contributed by atoms with Crippen molar-refractivity contribution in [2.75, 3.05) is 6.54 Å². The minimum atomic E-state index is 0.230. The van der Waals surface area contributed by atoms with Crippen LogP contribution < -0.4 is 10.1 Å². The van der Waals surface area contributed by atoms with Crippen LogP contribution in [0.2, 0.25) is 0 Å². The smallest absolute Gasteiger partial charge is 0.124 e. The molecule has 0 unspecified atom stereocenters. The second-order valence-electron chi connectivity index (χ2n) is 4.06. The summed E-state index contributed by atoms with van der Waals surface area (Å²) in [6.07, 6.45) is 0.230. The number of rotatable bonds is 5. The highest BCUT2D eigenvalue weighted by Crippen LogP contribution is 2.21. The quantitative estimate of drug-likeness (QED) is 0.801. The molecule has 0 radical (unpaired) electrons. The van der Waals surface area contributed by atoms with Gasteiger partial charge in [0.2, 0.25) is 0 Å². The first-order valence-corrected chi connectivity index (χ1v) is 5.60. The van der Waals surface area contributed by atoms with Crippen LogP contribution in [0.5, 0.6) is 5.75 Å². The predicted octanol–water partition coefficient (Wildman–Crippen LogP) is 2.89. The first kappa shape index (κ1) is 12.1. The van der Waals surface area contributed by atoms with Crippen molar-refractivity contribution in [3.63, 3.8) is 0 Å². The second-order valence-corrected chi connectivity index (χ2v) is 4.06. The molecule has 0 saturated heterocycles. The number of hydrogen-bond donors (Lipinski definition) is 1. The maximum absolute atomic E-state index is 5.76. The summed E-state index contributed by atoms with van der Waals surface area (Å²) in [5.41, 5.74) is 2.52. The van der Waals surface area contributed by atoms with Gasteiger partial charge in [0, 0.05) is 12.1 Å².